The Balaban J connectivity index is 2.82. The molecule has 13 heavy (non-hydrogen) atoms. The van der Waals surface area contributed by atoms with Crippen molar-refractivity contribution in [2.75, 3.05) is 20.1 Å². The van der Waals surface area contributed by atoms with Crippen LogP contribution in [-0.2, 0) is 4.79 Å². The topological polar surface area (TPSA) is 32.3 Å². The maximum absolute atomic E-state index is 11.1. The lowest BCUT2D eigenvalue weighted by Gasteiger charge is -2.35. The molecule has 0 aromatic heterocycles. The lowest BCUT2D eigenvalue weighted by molar-refractivity contribution is -0.116. The van der Waals surface area contributed by atoms with Crippen LogP contribution < -0.4 is 5.32 Å². The number of carbonyl (C=O) groups is 1. The molecule has 0 amide bonds. The first kappa shape index (κ1) is 10.3. The van der Waals surface area contributed by atoms with Crippen LogP contribution in [0.5, 0.6) is 0 Å². The highest BCUT2D eigenvalue weighted by Crippen LogP contribution is 2.29. The van der Waals surface area contributed by atoms with Crippen LogP contribution in [-0.4, -0.2) is 36.9 Å². The van der Waals surface area contributed by atoms with Crippen molar-refractivity contribution >= 4 is 6.29 Å². The van der Waals surface area contributed by atoms with Gasteiger partial charge in [-0.1, -0.05) is 6.58 Å². The highest BCUT2D eigenvalue weighted by atomic mass is 16.1. The minimum Gasteiger partial charge on any atom is -0.362 e. The molecule has 1 heterocycles. The van der Waals surface area contributed by atoms with Gasteiger partial charge in [0.15, 0.2) is 0 Å². The first-order valence-corrected chi connectivity index (χ1v) is 4.70. The SMILES string of the molecule is C=C(C)N1CCCC1(C=O)CNC. The summed E-state index contributed by atoms with van der Waals surface area (Å²) in [6, 6.07) is 0. The van der Waals surface area contributed by atoms with Crippen molar-refractivity contribution in [3.05, 3.63) is 12.3 Å². The molecule has 1 saturated heterocycles. The largest absolute Gasteiger partial charge is 0.362 e. The molecule has 0 spiro atoms. The maximum atomic E-state index is 11.1. The zero-order valence-corrected chi connectivity index (χ0v) is 8.47. The fourth-order valence-corrected chi connectivity index (χ4v) is 2.13. The van der Waals surface area contributed by atoms with Crippen LogP contribution in [0.25, 0.3) is 0 Å². The van der Waals surface area contributed by atoms with Crippen LogP contribution in [0.4, 0.5) is 0 Å². The number of rotatable bonds is 4. The molecule has 0 aromatic rings. The molecule has 74 valence electrons. The van der Waals surface area contributed by atoms with E-state index in [4.69, 9.17) is 0 Å². The zero-order chi connectivity index (χ0) is 9.90. The summed E-state index contributed by atoms with van der Waals surface area (Å²) in [7, 11) is 1.88. The Hall–Kier alpha value is -0.830. The van der Waals surface area contributed by atoms with Crippen molar-refractivity contribution < 1.29 is 4.79 Å². The van der Waals surface area contributed by atoms with Crippen molar-refractivity contribution in [3.63, 3.8) is 0 Å². The second-order valence-corrected chi connectivity index (χ2v) is 3.74. The average molecular weight is 182 g/mol. The molecule has 0 aromatic carbocycles. The summed E-state index contributed by atoms with van der Waals surface area (Å²) in [5, 5.41) is 3.07. The van der Waals surface area contributed by atoms with Crippen LogP contribution in [0, 0.1) is 0 Å². The molecule has 0 bridgehead atoms. The van der Waals surface area contributed by atoms with Gasteiger partial charge >= 0.3 is 0 Å². The third kappa shape index (κ3) is 1.75. The van der Waals surface area contributed by atoms with Gasteiger partial charge in [0, 0.05) is 18.8 Å². The fourth-order valence-electron chi connectivity index (χ4n) is 2.13. The minimum absolute atomic E-state index is 0.333. The van der Waals surface area contributed by atoms with Gasteiger partial charge in [-0.05, 0) is 26.8 Å². The van der Waals surface area contributed by atoms with Gasteiger partial charge in [-0.3, -0.25) is 0 Å². The number of allylic oxidation sites excluding steroid dienone is 1. The molecule has 3 nitrogen and oxygen atoms in total. The van der Waals surface area contributed by atoms with Gasteiger partial charge in [0.25, 0.3) is 0 Å². The second-order valence-electron chi connectivity index (χ2n) is 3.74. The van der Waals surface area contributed by atoms with Crippen molar-refractivity contribution in [3.8, 4) is 0 Å². The highest BCUT2D eigenvalue weighted by molar-refractivity contribution is 5.66. The highest BCUT2D eigenvalue weighted by Gasteiger charge is 2.39. The van der Waals surface area contributed by atoms with Crippen molar-refractivity contribution in [1.82, 2.24) is 10.2 Å². The molecule has 3 heteroatoms. The predicted molar refractivity (Wildman–Crippen MR) is 53.5 cm³/mol. The molecular weight excluding hydrogens is 164 g/mol. The van der Waals surface area contributed by atoms with E-state index in [2.05, 4.69) is 16.8 Å². The lowest BCUT2D eigenvalue weighted by Crippen LogP contribution is -2.50. The number of hydrogen-bond donors (Lipinski definition) is 1. The van der Waals surface area contributed by atoms with E-state index in [0.717, 1.165) is 31.4 Å². The van der Waals surface area contributed by atoms with Gasteiger partial charge in [-0.25, -0.2) is 0 Å². The lowest BCUT2D eigenvalue weighted by atomic mass is 9.98. The van der Waals surface area contributed by atoms with E-state index in [1.165, 1.54) is 0 Å². The Bertz CT molecular complexity index is 215. The van der Waals surface area contributed by atoms with Crippen molar-refractivity contribution in [2.45, 2.75) is 25.3 Å². The molecule has 0 saturated carbocycles. The summed E-state index contributed by atoms with van der Waals surface area (Å²) >= 11 is 0. The molecule has 1 fully saturated rings. The van der Waals surface area contributed by atoms with E-state index < -0.39 is 0 Å². The molecule has 0 aliphatic carbocycles. The Morgan fingerprint density at radius 1 is 1.77 bits per heavy atom. The summed E-state index contributed by atoms with van der Waals surface area (Å²) in [4.78, 5) is 13.2. The summed E-state index contributed by atoms with van der Waals surface area (Å²) in [5.74, 6) is 0. The van der Waals surface area contributed by atoms with E-state index in [-0.39, 0.29) is 5.54 Å². The standard InChI is InChI=1S/C10H18N2O/c1-9(2)12-6-4-5-10(12,8-13)7-11-3/h8,11H,1,4-7H2,2-3H3. The van der Waals surface area contributed by atoms with Gasteiger partial charge in [0.05, 0.1) is 0 Å². The third-order valence-corrected chi connectivity index (χ3v) is 2.69. The van der Waals surface area contributed by atoms with E-state index in [1.807, 2.05) is 14.0 Å². The number of nitrogens with one attached hydrogen (secondary N) is 1. The molecule has 1 N–H and O–H groups in total. The summed E-state index contributed by atoms with van der Waals surface area (Å²) < 4.78 is 0. The Labute approximate surface area is 79.8 Å². The summed E-state index contributed by atoms with van der Waals surface area (Å²) in [6.45, 7) is 7.53. The quantitative estimate of drug-likeness (QED) is 0.652. The van der Waals surface area contributed by atoms with E-state index in [0.29, 0.717) is 6.54 Å². The molecule has 1 rings (SSSR count). The number of aldehydes is 1. The van der Waals surface area contributed by atoms with Crippen LogP contribution in [0.15, 0.2) is 12.3 Å². The number of carbonyl (C=O) groups excluding carboxylic acids is 1. The summed E-state index contributed by atoms with van der Waals surface area (Å²) in [6.07, 6.45) is 3.07. The van der Waals surface area contributed by atoms with E-state index in [9.17, 15) is 4.79 Å². The van der Waals surface area contributed by atoms with Gasteiger partial charge in [-0.15, -0.1) is 0 Å². The van der Waals surface area contributed by atoms with Crippen LogP contribution in [0.2, 0.25) is 0 Å². The van der Waals surface area contributed by atoms with Crippen LogP contribution >= 0.6 is 0 Å². The molecule has 1 atom stereocenters. The molecule has 1 aliphatic heterocycles. The minimum atomic E-state index is -0.333. The van der Waals surface area contributed by atoms with Crippen LogP contribution in [0.1, 0.15) is 19.8 Å². The first-order chi connectivity index (χ1) is 6.16. The van der Waals surface area contributed by atoms with Gasteiger partial charge < -0.3 is 15.0 Å². The molecule has 1 unspecified atom stereocenters. The van der Waals surface area contributed by atoms with E-state index >= 15 is 0 Å². The molecule has 0 radical (unpaired) electrons. The average Bonchev–Trinajstić information content (AvgIpc) is 2.50. The second kappa shape index (κ2) is 3.92. The Morgan fingerprint density at radius 3 is 2.92 bits per heavy atom. The van der Waals surface area contributed by atoms with Gasteiger partial charge in [0.1, 0.15) is 11.8 Å². The monoisotopic (exact) mass is 182 g/mol. The van der Waals surface area contributed by atoms with Crippen molar-refractivity contribution in [1.29, 1.82) is 0 Å². The normalized spacial score (nSPS) is 27.7. The Morgan fingerprint density at radius 2 is 2.46 bits per heavy atom. The maximum Gasteiger partial charge on any atom is 0.146 e. The number of likely N-dealkylation sites (tertiary alicyclic amines) is 1. The Kier molecular flexibility index (Phi) is 3.09. The van der Waals surface area contributed by atoms with E-state index in [1.54, 1.807) is 0 Å². The predicted octanol–water partition coefficient (Wildman–Crippen LogP) is 0.773. The van der Waals surface area contributed by atoms with Crippen molar-refractivity contribution in [2.24, 2.45) is 0 Å². The van der Waals surface area contributed by atoms with Crippen LogP contribution in [0.3, 0.4) is 0 Å². The molecule has 1 aliphatic rings. The summed E-state index contributed by atoms with van der Waals surface area (Å²) in [5.41, 5.74) is 0.653. The van der Waals surface area contributed by atoms with Gasteiger partial charge in [-0.2, -0.15) is 0 Å². The number of hydrogen-bond acceptors (Lipinski definition) is 3. The third-order valence-electron chi connectivity index (χ3n) is 2.69. The molecular formula is C10H18N2O. The number of nitrogens with zero attached hydrogens (tertiary/aromatic N) is 1. The number of likely N-dealkylation sites (N-methyl/N-ethyl adjacent to an activating group) is 1. The van der Waals surface area contributed by atoms with Gasteiger partial charge in [0.2, 0.25) is 0 Å². The fraction of sp³-hybridized carbons (Fsp3) is 0.700. The first-order valence-electron chi connectivity index (χ1n) is 4.70. The smallest absolute Gasteiger partial charge is 0.146 e. The zero-order valence-electron chi connectivity index (χ0n) is 8.47.